The largest absolute Gasteiger partial charge is 0.508 e. The number of aromatic nitrogens is 2. The summed E-state index contributed by atoms with van der Waals surface area (Å²) in [7, 11) is 0. The second kappa shape index (κ2) is 11.9. The molecule has 0 unspecified atom stereocenters. The molecule has 1 aromatic heterocycles. The molecule has 3 aromatic rings. The molecule has 2 fully saturated rings. The molecular weight excluding hydrogens is 516 g/mol. The average molecular weight is 557 g/mol. The molecule has 0 spiro atoms. The number of hydrogen-bond donors (Lipinski definition) is 1. The van der Waals surface area contributed by atoms with Gasteiger partial charge in [0.25, 0.3) is 0 Å². The minimum absolute atomic E-state index is 0.0284. The Balaban J connectivity index is 1.27. The van der Waals surface area contributed by atoms with Crippen LogP contribution in [0.3, 0.4) is 0 Å². The van der Waals surface area contributed by atoms with Crippen LogP contribution in [0.4, 0.5) is 11.5 Å². The fourth-order valence-electron chi connectivity index (χ4n) is 6.47. The maximum Gasteiger partial charge on any atom is 0.318 e. The van der Waals surface area contributed by atoms with E-state index in [1.807, 2.05) is 35.2 Å². The first-order chi connectivity index (χ1) is 20.0. The number of hydrogen-bond acceptors (Lipinski definition) is 8. The SMILES string of the molecule is C=CC(=O)N1CCN(c2nc(OCCN3CCCC[C@H]3C)nc3c2CCN(c2cc(O)cc4ccccc24)C3)CC1. The predicted molar refractivity (Wildman–Crippen MR) is 162 cm³/mol. The van der Waals surface area contributed by atoms with Gasteiger partial charge in [0.2, 0.25) is 5.91 Å². The highest BCUT2D eigenvalue weighted by Crippen LogP contribution is 2.36. The van der Waals surface area contributed by atoms with Crippen molar-refractivity contribution in [2.24, 2.45) is 0 Å². The van der Waals surface area contributed by atoms with Gasteiger partial charge in [-0.1, -0.05) is 37.3 Å². The standard InChI is InChI=1S/C32H40N6O3/c1-3-30(40)36-14-16-37(17-15-36)31-27-11-13-38(29-21-25(39)20-24-9-4-5-10-26(24)29)22-28(27)33-32(34-31)41-19-18-35-12-7-6-8-23(35)2/h3-5,9-10,20-21,23,39H,1,6-8,11-19,22H2,2H3/t23-/m1/s1. The molecule has 1 atom stereocenters. The number of carbonyl (C=O) groups excluding carboxylic acids is 1. The van der Waals surface area contributed by atoms with Crippen LogP contribution >= 0.6 is 0 Å². The summed E-state index contributed by atoms with van der Waals surface area (Å²) in [5, 5.41) is 12.6. The molecule has 0 saturated carbocycles. The van der Waals surface area contributed by atoms with Gasteiger partial charge < -0.3 is 24.5 Å². The van der Waals surface area contributed by atoms with Gasteiger partial charge in [-0.3, -0.25) is 9.69 Å². The Hall–Kier alpha value is -3.85. The summed E-state index contributed by atoms with van der Waals surface area (Å²) in [6.07, 6.45) is 5.94. The van der Waals surface area contributed by atoms with E-state index >= 15 is 0 Å². The van der Waals surface area contributed by atoms with E-state index in [0.717, 1.165) is 59.6 Å². The average Bonchev–Trinajstić information content (AvgIpc) is 3.00. The molecule has 9 heteroatoms. The van der Waals surface area contributed by atoms with Gasteiger partial charge in [-0.2, -0.15) is 9.97 Å². The Labute approximate surface area is 242 Å². The van der Waals surface area contributed by atoms with Crippen LogP contribution in [-0.4, -0.2) is 89.2 Å². The monoisotopic (exact) mass is 556 g/mol. The molecule has 0 aliphatic carbocycles. The number of phenolic OH excluding ortho intramolecular Hbond substituents is 1. The Bertz CT molecular complexity index is 1420. The van der Waals surface area contributed by atoms with Gasteiger partial charge in [0.05, 0.1) is 12.2 Å². The van der Waals surface area contributed by atoms with Gasteiger partial charge in [0.15, 0.2) is 0 Å². The summed E-state index contributed by atoms with van der Waals surface area (Å²) >= 11 is 0. The summed E-state index contributed by atoms with van der Waals surface area (Å²) < 4.78 is 6.23. The Morgan fingerprint density at radius 2 is 1.90 bits per heavy atom. The number of amides is 1. The lowest BCUT2D eigenvalue weighted by atomic mass is 10.0. The first kappa shape index (κ1) is 27.3. The van der Waals surface area contributed by atoms with Crippen LogP contribution in [0.25, 0.3) is 10.8 Å². The molecule has 4 heterocycles. The first-order valence-corrected chi connectivity index (χ1v) is 14.9. The van der Waals surface area contributed by atoms with Crippen LogP contribution in [-0.2, 0) is 17.8 Å². The summed E-state index contributed by atoms with van der Waals surface area (Å²) in [4.78, 5) is 31.0. The van der Waals surface area contributed by atoms with Crippen LogP contribution in [0.5, 0.6) is 11.8 Å². The number of anilines is 2. The molecule has 1 N–H and O–H groups in total. The minimum atomic E-state index is -0.0284. The quantitative estimate of drug-likeness (QED) is 0.438. The Morgan fingerprint density at radius 1 is 1.07 bits per heavy atom. The van der Waals surface area contributed by atoms with Crippen molar-refractivity contribution in [1.82, 2.24) is 19.8 Å². The number of benzene rings is 2. The predicted octanol–water partition coefficient (Wildman–Crippen LogP) is 3.99. The number of fused-ring (bicyclic) bond motifs is 2. The third-order valence-corrected chi connectivity index (χ3v) is 8.80. The summed E-state index contributed by atoms with van der Waals surface area (Å²) in [5.74, 6) is 1.15. The number of rotatable bonds is 7. The Kier molecular flexibility index (Phi) is 7.96. The van der Waals surface area contributed by atoms with E-state index in [1.165, 1.54) is 25.3 Å². The molecule has 3 aliphatic heterocycles. The lowest BCUT2D eigenvalue weighted by molar-refractivity contribution is -0.126. The smallest absolute Gasteiger partial charge is 0.318 e. The number of phenols is 1. The molecule has 41 heavy (non-hydrogen) atoms. The molecule has 6 rings (SSSR count). The molecule has 216 valence electrons. The van der Waals surface area contributed by atoms with Crippen LogP contribution in [0, 0.1) is 0 Å². The highest BCUT2D eigenvalue weighted by Gasteiger charge is 2.29. The van der Waals surface area contributed by atoms with Gasteiger partial charge in [-0.25, -0.2) is 0 Å². The van der Waals surface area contributed by atoms with E-state index in [-0.39, 0.29) is 11.7 Å². The lowest BCUT2D eigenvalue weighted by Gasteiger charge is -2.38. The van der Waals surface area contributed by atoms with Crippen LogP contribution < -0.4 is 14.5 Å². The topological polar surface area (TPSA) is 85.3 Å². The van der Waals surface area contributed by atoms with Gasteiger partial charge in [-0.05, 0) is 50.3 Å². The summed E-state index contributed by atoms with van der Waals surface area (Å²) in [5.41, 5.74) is 3.11. The third-order valence-electron chi connectivity index (χ3n) is 8.80. The van der Waals surface area contributed by atoms with Gasteiger partial charge >= 0.3 is 6.01 Å². The van der Waals surface area contributed by atoms with E-state index < -0.39 is 0 Å². The van der Waals surface area contributed by atoms with Gasteiger partial charge in [-0.15, -0.1) is 0 Å². The van der Waals surface area contributed by atoms with Crippen molar-refractivity contribution >= 4 is 28.2 Å². The first-order valence-electron chi connectivity index (χ1n) is 14.9. The highest BCUT2D eigenvalue weighted by atomic mass is 16.5. The molecule has 2 aromatic carbocycles. The van der Waals surface area contributed by atoms with Crippen molar-refractivity contribution in [2.75, 3.05) is 62.2 Å². The zero-order valence-electron chi connectivity index (χ0n) is 24.0. The van der Waals surface area contributed by atoms with Gasteiger partial charge in [0.1, 0.15) is 18.2 Å². The number of carbonyl (C=O) groups is 1. The lowest BCUT2D eigenvalue weighted by Crippen LogP contribution is -2.49. The van der Waals surface area contributed by atoms with E-state index in [2.05, 4.69) is 34.3 Å². The number of likely N-dealkylation sites (tertiary alicyclic amines) is 1. The zero-order chi connectivity index (χ0) is 28.3. The molecule has 9 nitrogen and oxygen atoms in total. The molecular formula is C32H40N6O3. The van der Waals surface area contributed by atoms with E-state index in [1.54, 1.807) is 0 Å². The van der Waals surface area contributed by atoms with E-state index in [4.69, 9.17) is 14.7 Å². The van der Waals surface area contributed by atoms with Crippen molar-refractivity contribution in [3.05, 3.63) is 60.3 Å². The fourth-order valence-corrected chi connectivity index (χ4v) is 6.47. The molecule has 0 bridgehead atoms. The number of aromatic hydroxyl groups is 1. The van der Waals surface area contributed by atoms with Crippen molar-refractivity contribution in [1.29, 1.82) is 0 Å². The number of piperazine rings is 1. The minimum Gasteiger partial charge on any atom is -0.508 e. The van der Waals surface area contributed by atoms with Crippen molar-refractivity contribution < 1.29 is 14.6 Å². The molecule has 1 amide bonds. The number of ether oxygens (including phenoxy) is 1. The summed E-state index contributed by atoms with van der Waals surface area (Å²) in [6.45, 7) is 12.5. The zero-order valence-corrected chi connectivity index (χ0v) is 24.0. The Morgan fingerprint density at radius 3 is 2.71 bits per heavy atom. The van der Waals surface area contributed by atoms with Crippen LogP contribution in [0.2, 0.25) is 0 Å². The number of piperidine rings is 1. The van der Waals surface area contributed by atoms with Gasteiger partial charge in [0, 0.05) is 68.0 Å². The summed E-state index contributed by atoms with van der Waals surface area (Å²) in [6, 6.07) is 12.8. The van der Waals surface area contributed by atoms with Crippen LogP contribution in [0.1, 0.15) is 37.4 Å². The second-order valence-corrected chi connectivity index (χ2v) is 11.4. The molecule has 0 radical (unpaired) electrons. The van der Waals surface area contributed by atoms with Crippen molar-refractivity contribution in [2.45, 2.75) is 45.2 Å². The molecule has 3 aliphatic rings. The second-order valence-electron chi connectivity index (χ2n) is 11.4. The van der Waals surface area contributed by atoms with Crippen molar-refractivity contribution in [3.8, 4) is 11.8 Å². The van der Waals surface area contributed by atoms with Crippen LogP contribution in [0.15, 0.2) is 49.1 Å². The third kappa shape index (κ3) is 5.81. The normalized spacial score (nSPS) is 19.7. The fraction of sp³-hybridized carbons (Fsp3) is 0.469. The molecule has 2 saturated heterocycles. The maximum atomic E-state index is 12.2. The maximum absolute atomic E-state index is 12.2. The van der Waals surface area contributed by atoms with E-state index in [9.17, 15) is 9.90 Å². The van der Waals surface area contributed by atoms with Crippen molar-refractivity contribution in [3.63, 3.8) is 0 Å². The highest BCUT2D eigenvalue weighted by molar-refractivity contribution is 5.95. The van der Waals surface area contributed by atoms with E-state index in [0.29, 0.717) is 51.4 Å². The number of nitrogens with zero attached hydrogens (tertiary/aromatic N) is 6.